The molecule has 1 heterocycles. The summed E-state index contributed by atoms with van der Waals surface area (Å²) in [6, 6.07) is 5.70. The zero-order chi connectivity index (χ0) is 9.26. The predicted molar refractivity (Wildman–Crippen MR) is 48.3 cm³/mol. The summed E-state index contributed by atoms with van der Waals surface area (Å²) >= 11 is 0. The number of carbonyl (C=O) groups excluding carboxylic acids is 1. The van der Waals surface area contributed by atoms with Crippen LogP contribution in [0.3, 0.4) is 0 Å². The largest absolute Gasteiger partial charge is 0.303 e. The summed E-state index contributed by atoms with van der Waals surface area (Å²) in [6.45, 7) is 0. The van der Waals surface area contributed by atoms with Gasteiger partial charge in [-0.1, -0.05) is 11.3 Å². The van der Waals surface area contributed by atoms with Gasteiger partial charge in [-0.15, -0.1) is 5.10 Å². The molecule has 0 aliphatic carbocycles. The van der Waals surface area contributed by atoms with E-state index in [1.165, 1.54) is 0 Å². The van der Waals surface area contributed by atoms with E-state index < -0.39 is 0 Å². The van der Waals surface area contributed by atoms with Crippen molar-refractivity contribution < 1.29 is 4.79 Å². The monoisotopic (exact) mass is 175 g/mol. The molecule has 0 radical (unpaired) electrons. The standard InChI is InChI=1S/C9H9N3O/c1-12-9-6-7(4-5-13)2-3-8(9)10-11-12/h2-3,5-6H,4H2,1H3. The third-order valence-corrected chi connectivity index (χ3v) is 1.99. The topological polar surface area (TPSA) is 47.8 Å². The minimum absolute atomic E-state index is 0.446. The Hall–Kier alpha value is -1.71. The summed E-state index contributed by atoms with van der Waals surface area (Å²) in [4.78, 5) is 10.3. The van der Waals surface area contributed by atoms with Crippen LogP contribution in [0.1, 0.15) is 5.56 Å². The van der Waals surface area contributed by atoms with E-state index in [0.29, 0.717) is 6.42 Å². The lowest BCUT2D eigenvalue weighted by atomic mass is 10.1. The summed E-state index contributed by atoms with van der Waals surface area (Å²) < 4.78 is 1.70. The van der Waals surface area contributed by atoms with Gasteiger partial charge in [-0.2, -0.15) is 0 Å². The fourth-order valence-electron chi connectivity index (χ4n) is 1.30. The highest BCUT2D eigenvalue weighted by Gasteiger charge is 2.01. The van der Waals surface area contributed by atoms with Gasteiger partial charge in [0.15, 0.2) is 0 Å². The Morgan fingerprint density at radius 2 is 2.38 bits per heavy atom. The molecule has 0 aliphatic heterocycles. The molecule has 13 heavy (non-hydrogen) atoms. The molecular weight excluding hydrogens is 166 g/mol. The molecule has 0 amide bonds. The molecule has 0 bridgehead atoms. The number of aldehydes is 1. The smallest absolute Gasteiger partial charge is 0.124 e. The van der Waals surface area contributed by atoms with Crippen molar-refractivity contribution in [3.05, 3.63) is 23.8 Å². The van der Waals surface area contributed by atoms with Crippen molar-refractivity contribution in [2.45, 2.75) is 6.42 Å². The molecule has 4 nitrogen and oxygen atoms in total. The Morgan fingerprint density at radius 3 is 3.15 bits per heavy atom. The van der Waals surface area contributed by atoms with Crippen LogP contribution in [0.4, 0.5) is 0 Å². The maximum Gasteiger partial charge on any atom is 0.124 e. The van der Waals surface area contributed by atoms with E-state index in [2.05, 4.69) is 10.3 Å². The first-order valence-corrected chi connectivity index (χ1v) is 4.03. The molecule has 0 saturated carbocycles. The van der Waals surface area contributed by atoms with Crippen LogP contribution in [-0.4, -0.2) is 21.3 Å². The summed E-state index contributed by atoms with van der Waals surface area (Å²) in [5.74, 6) is 0. The Balaban J connectivity index is 2.58. The average molecular weight is 175 g/mol. The highest BCUT2D eigenvalue weighted by molar-refractivity contribution is 5.75. The van der Waals surface area contributed by atoms with E-state index >= 15 is 0 Å². The number of hydrogen-bond donors (Lipinski definition) is 0. The van der Waals surface area contributed by atoms with Crippen LogP contribution < -0.4 is 0 Å². The molecule has 0 spiro atoms. The van der Waals surface area contributed by atoms with Gasteiger partial charge in [-0.05, 0) is 17.7 Å². The maximum atomic E-state index is 10.3. The molecule has 0 N–H and O–H groups in total. The van der Waals surface area contributed by atoms with Crippen molar-refractivity contribution in [3.63, 3.8) is 0 Å². The lowest BCUT2D eigenvalue weighted by Gasteiger charge is -1.95. The second-order valence-electron chi connectivity index (χ2n) is 2.91. The average Bonchev–Trinajstić information content (AvgIpc) is 2.49. The fourth-order valence-corrected chi connectivity index (χ4v) is 1.30. The van der Waals surface area contributed by atoms with Crippen LogP contribution in [0.2, 0.25) is 0 Å². The van der Waals surface area contributed by atoms with Crippen molar-refractivity contribution >= 4 is 17.3 Å². The highest BCUT2D eigenvalue weighted by Crippen LogP contribution is 2.12. The molecule has 1 aromatic heterocycles. The summed E-state index contributed by atoms with van der Waals surface area (Å²) in [5.41, 5.74) is 2.81. The van der Waals surface area contributed by atoms with Crippen LogP contribution in [0.5, 0.6) is 0 Å². The number of fused-ring (bicyclic) bond motifs is 1. The van der Waals surface area contributed by atoms with Crippen molar-refractivity contribution in [1.82, 2.24) is 15.0 Å². The molecule has 66 valence electrons. The van der Waals surface area contributed by atoms with E-state index in [4.69, 9.17) is 0 Å². The SMILES string of the molecule is Cn1nnc2ccc(CC=O)cc21. The van der Waals surface area contributed by atoms with Gasteiger partial charge in [0.25, 0.3) is 0 Å². The van der Waals surface area contributed by atoms with Crippen molar-refractivity contribution in [1.29, 1.82) is 0 Å². The zero-order valence-corrected chi connectivity index (χ0v) is 7.27. The van der Waals surface area contributed by atoms with Crippen molar-refractivity contribution in [2.75, 3.05) is 0 Å². The Kier molecular flexibility index (Phi) is 1.81. The number of hydrogen-bond acceptors (Lipinski definition) is 3. The highest BCUT2D eigenvalue weighted by atomic mass is 16.1. The number of aromatic nitrogens is 3. The second-order valence-corrected chi connectivity index (χ2v) is 2.91. The molecule has 2 aromatic rings. The Labute approximate surface area is 75.2 Å². The summed E-state index contributed by atoms with van der Waals surface area (Å²) in [5, 5.41) is 7.82. The molecule has 0 unspecified atom stereocenters. The molecule has 1 aromatic carbocycles. The molecule has 0 atom stereocenters. The maximum absolute atomic E-state index is 10.3. The number of rotatable bonds is 2. The summed E-state index contributed by atoms with van der Waals surface area (Å²) in [7, 11) is 1.83. The molecule has 0 aliphatic rings. The van der Waals surface area contributed by atoms with Crippen LogP contribution in [-0.2, 0) is 18.3 Å². The summed E-state index contributed by atoms with van der Waals surface area (Å²) in [6.07, 6.45) is 1.34. The normalized spacial score (nSPS) is 10.5. The molecule has 4 heteroatoms. The van der Waals surface area contributed by atoms with Gasteiger partial charge < -0.3 is 4.79 Å². The zero-order valence-electron chi connectivity index (χ0n) is 7.27. The predicted octanol–water partition coefficient (Wildman–Crippen LogP) is 0.710. The van der Waals surface area contributed by atoms with E-state index in [1.807, 2.05) is 25.2 Å². The van der Waals surface area contributed by atoms with E-state index in [1.54, 1.807) is 4.68 Å². The van der Waals surface area contributed by atoms with Gasteiger partial charge in [0.05, 0.1) is 5.52 Å². The van der Waals surface area contributed by atoms with Gasteiger partial charge in [0.1, 0.15) is 11.8 Å². The third kappa shape index (κ3) is 1.30. The van der Waals surface area contributed by atoms with E-state index in [0.717, 1.165) is 22.9 Å². The van der Waals surface area contributed by atoms with Gasteiger partial charge in [0.2, 0.25) is 0 Å². The van der Waals surface area contributed by atoms with Crippen molar-refractivity contribution in [3.8, 4) is 0 Å². The fraction of sp³-hybridized carbons (Fsp3) is 0.222. The van der Waals surface area contributed by atoms with Gasteiger partial charge in [-0.25, -0.2) is 4.68 Å². The van der Waals surface area contributed by atoms with Crippen LogP contribution in [0.15, 0.2) is 18.2 Å². The Morgan fingerprint density at radius 1 is 1.54 bits per heavy atom. The molecule has 0 fully saturated rings. The quantitative estimate of drug-likeness (QED) is 0.631. The number of nitrogens with zero attached hydrogens (tertiary/aromatic N) is 3. The second kappa shape index (κ2) is 2.97. The van der Waals surface area contributed by atoms with Gasteiger partial charge in [-0.3, -0.25) is 0 Å². The van der Waals surface area contributed by atoms with E-state index in [9.17, 15) is 4.79 Å². The number of aryl methyl sites for hydroxylation is 1. The lowest BCUT2D eigenvalue weighted by molar-refractivity contribution is -0.107. The first-order chi connectivity index (χ1) is 6.31. The lowest BCUT2D eigenvalue weighted by Crippen LogP contribution is -1.91. The molecule has 0 saturated heterocycles. The van der Waals surface area contributed by atoms with Crippen LogP contribution in [0, 0.1) is 0 Å². The number of carbonyl (C=O) groups is 1. The number of benzene rings is 1. The molecule has 2 rings (SSSR count). The minimum Gasteiger partial charge on any atom is -0.303 e. The minimum atomic E-state index is 0.446. The van der Waals surface area contributed by atoms with Crippen LogP contribution >= 0.6 is 0 Å². The molecular formula is C9H9N3O. The Bertz CT molecular complexity index is 447. The first-order valence-electron chi connectivity index (χ1n) is 4.03. The first kappa shape index (κ1) is 7.91. The van der Waals surface area contributed by atoms with Crippen LogP contribution in [0.25, 0.3) is 11.0 Å². The van der Waals surface area contributed by atoms with Crippen molar-refractivity contribution in [2.24, 2.45) is 7.05 Å². The van der Waals surface area contributed by atoms with Gasteiger partial charge >= 0.3 is 0 Å². The third-order valence-electron chi connectivity index (χ3n) is 1.99. The van der Waals surface area contributed by atoms with Gasteiger partial charge in [0, 0.05) is 13.5 Å². The van der Waals surface area contributed by atoms with E-state index in [-0.39, 0.29) is 0 Å².